The number of aliphatic hydroxyl groups excluding tert-OH is 1. The van der Waals surface area contributed by atoms with E-state index < -0.39 is 6.29 Å². The minimum absolute atomic E-state index is 0.0813. The van der Waals surface area contributed by atoms with Crippen LogP contribution in [-0.4, -0.2) is 15.3 Å². The van der Waals surface area contributed by atoms with Crippen molar-refractivity contribution in [2.24, 2.45) is 0 Å². The number of hydrogen-bond donors (Lipinski definition) is 3. The maximum absolute atomic E-state index is 9.18. The molecule has 66 valence electrons. The molecule has 0 atom stereocenters. The molecule has 1 aromatic carbocycles. The van der Waals surface area contributed by atoms with Gasteiger partial charge in [0.15, 0.2) is 6.29 Å². The van der Waals surface area contributed by atoms with Gasteiger partial charge in [0.1, 0.15) is 5.75 Å². The van der Waals surface area contributed by atoms with E-state index in [1.807, 2.05) is 6.92 Å². The lowest BCUT2D eigenvalue weighted by atomic mass is 10.1. The van der Waals surface area contributed by atoms with Crippen LogP contribution in [0, 0.1) is 0 Å². The van der Waals surface area contributed by atoms with Crippen LogP contribution in [0.3, 0.4) is 0 Å². The predicted octanol–water partition coefficient (Wildman–Crippen LogP) is 0.938. The number of rotatable bonds is 2. The number of hydrogen-bond acceptors (Lipinski definition) is 3. The van der Waals surface area contributed by atoms with Crippen molar-refractivity contribution in [1.29, 1.82) is 0 Å². The molecule has 0 aliphatic heterocycles. The minimum Gasteiger partial charge on any atom is -0.507 e. The van der Waals surface area contributed by atoms with Crippen molar-refractivity contribution in [2.45, 2.75) is 19.6 Å². The number of aromatic hydroxyl groups is 1. The molecule has 0 saturated carbocycles. The minimum atomic E-state index is -1.60. The van der Waals surface area contributed by atoms with Gasteiger partial charge in [0, 0.05) is 5.56 Å². The fourth-order valence-electron chi connectivity index (χ4n) is 1.03. The molecule has 0 bridgehead atoms. The molecule has 0 radical (unpaired) electrons. The first-order valence-electron chi connectivity index (χ1n) is 3.83. The Hall–Kier alpha value is -1.06. The van der Waals surface area contributed by atoms with Crippen molar-refractivity contribution in [3.05, 3.63) is 29.3 Å². The van der Waals surface area contributed by atoms with Gasteiger partial charge in [-0.15, -0.1) is 0 Å². The lowest BCUT2D eigenvalue weighted by Crippen LogP contribution is -1.96. The molecule has 0 saturated heterocycles. The van der Waals surface area contributed by atoms with Gasteiger partial charge in [0.2, 0.25) is 0 Å². The molecule has 0 amide bonds. The number of phenols is 1. The third-order valence-corrected chi connectivity index (χ3v) is 1.78. The normalized spacial score (nSPS) is 10.7. The highest BCUT2D eigenvalue weighted by atomic mass is 16.5. The maximum Gasteiger partial charge on any atom is 0.182 e. The first-order valence-corrected chi connectivity index (χ1v) is 3.83. The number of aryl methyl sites for hydroxylation is 1. The Morgan fingerprint density at radius 3 is 2.50 bits per heavy atom. The molecule has 1 rings (SSSR count). The first-order chi connectivity index (χ1) is 5.65. The van der Waals surface area contributed by atoms with Gasteiger partial charge < -0.3 is 15.3 Å². The maximum atomic E-state index is 9.18. The summed E-state index contributed by atoms with van der Waals surface area (Å²) in [6, 6.07) is 4.80. The lowest BCUT2D eigenvalue weighted by Gasteiger charge is -2.07. The van der Waals surface area contributed by atoms with Crippen molar-refractivity contribution in [3.8, 4) is 5.75 Å². The molecule has 1 aromatic rings. The van der Waals surface area contributed by atoms with E-state index >= 15 is 0 Å². The van der Waals surface area contributed by atoms with Crippen LogP contribution in [0.2, 0.25) is 0 Å². The fourth-order valence-corrected chi connectivity index (χ4v) is 1.03. The zero-order valence-corrected chi connectivity index (χ0v) is 6.86. The highest BCUT2D eigenvalue weighted by Gasteiger charge is 2.08. The average Bonchev–Trinajstić information content (AvgIpc) is 2.05. The summed E-state index contributed by atoms with van der Waals surface area (Å²) >= 11 is 0. The van der Waals surface area contributed by atoms with Crippen LogP contribution >= 0.6 is 0 Å². The second-order valence-electron chi connectivity index (χ2n) is 2.62. The third-order valence-electron chi connectivity index (χ3n) is 1.78. The zero-order chi connectivity index (χ0) is 9.14. The van der Waals surface area contributed by atoms with E-state index in [1.54, 1.807) is 12.1 Å². The quantitative estimate of drug-likeness (QED) is 0.576. The van der Waals surface area contributed by atoms with Gasteiger partial charge >= 0.3 is 0 Å². The molecule has 3 heteroatoms. The van der Waals surface area contributed by atoms with Crippen LogP contribution in [0.15, 0.2) is 18.2 Å². The van der Waals surface area contributed by atoms with Gasteiger partial charge in [-0.1, -0.05) is 13.0 Å². The summed E-state index contributed by atoms with van der Waals surface area (Å²) in [5, 5.41) is 26.8. The van der Waals surface area contributed by atoms with Gasteiger partial charge in [-0.3, -0.25) is 0 Å². The van der Waals surface area contributed by atoms with E-state index in [1.165, 1.54) is 6.07 Å². The molecule has 0 aliphatic rings. The summed E-state index contributed by atoms with van der Waals surface area (Å²) < 4.78 is 0. The Balaban J connectivity index is 3.08. The Kier molecular flexibility index (Phi) is 2.68. The summed E-state index contributed by atoms with van der Waals surface area (Å²) in [5.41, 5.74) is 1.13. The Morgan fingerprint density at radius 1 is 1.33 bits per heavy atom. The van der Waals surface area contributed by atoms with Crippen LogP contribution in [0.4, 0.5) is 0 Å². The van der Waals surface area contributed by atoms with Gasteiger partial charge in [-0.05, 0) is 24.1 Å². The summed E-state index contributed by atoms with van der Waals surface area (Å²) in [5.74, 6) is -0.0813. The van der Waals surface area contributed by atoms with Crippen molar-refractivity contribution >= 4 is 0 Å². The number of phenolic OH excluding ortho intramolecular Hbond substituents is 1. The van der Waals surface area contributed by atoms with E-state index in [0.717, 1.165) is 12.0 Å². The molecular weight excluding hydrogens is 156 g/mol. The summed E-state index contributed by atoms with van der Waals surface area (Å²) in [4.78, 5) is 0. The Labute approximate surface area is 70.9 Å². The monoisotopic (exact) mass is 168 g/mol. The molecule has 0 aliphatic carbocycles. The van der Waals surface area contributed by atoms with E-state index in [2.05, 4.69) is 0 Å². The smallest absolute Gasteiger partial charge is 0.182 e. The molecular formula is C9H12O3. The van der Waals surface area contributed by atoms with Crippen molar-refractivity contribution in [1.82, 2.24) is 0 Å². The molecule has 3 N–H and O–H groups in total. The SMILES string of the molecule is CCc1ccc(O)c(C(O)O)c1. The second kappa shape index (κ2) is 3.56. The Bertz CT molecular complexity index is 268. The highest BCUT2D eigenvalue weighted by Crippen LogP contribution is 2.23. The van der Waals surface area contributed by atoms with Crippen LogP contribution in [0.25, 0.3) is 0 Å². The van der Waals surface area contributed by atoms with Gasteiger partial charge in [-0.2, -0.15) is 0 Å². The van der Waals surface area contributed by atoms with Crippen molar-refractivity contribution < 1.29 is 15.3 Å². The summed E-state index contributed by atoms with van der Waals surface area (Å²) in [7, 11) is 0. The van der Waals surface area contributed by atoms with Gasteiger partial charge in [0.25, 0.3) is 0 Å². The van der Waals surface area contributed by atoms with Crippen LogP contribution in [0.5, 0.6) is 5.75 Å². The molecule has 0 fully saturated rings. The second-order valence-corrected chi connectivity index (χ2v) is 2.62. The average molecular weight is 168 g/mol. The number of aliphatic hydroxyl groups is 2. The van der Waals surface area contributed by atoms with E-state index in [4.69, 9.17) is 10.2 Å². The zero-order valence-electron chi connectivity index (χ0n) is 6.86. The number of benzene rings is 1. The lowest BCUT2D eigenvalue weighted by molar-refractivity contribution is -0.0439. The molecule has 0 spiro atoms. The van der Waals surface area contributed by atoms with Crippen LogP contribution in [-0.2, 0) is 6.42 Å². The fraction of sp³-hybridized carbons (Fsp3) is 0.333. The van der Waals surface area contributed by atoms with Crippen LogP contribution in [0.1, 0.15) is 24.3 Å². The van der Waals surface area contributed by atoms with E-state index in [-0.39, 0.29) is 11.3 Å². The van der Waals surface area contributed by atoms with Crippen molar-refractivity contribution in [2.75, 3.05) is 0 Å². The molecule has 0 unspecified atom stereocenters. The first kappa shape index (κ1) is 9.03. The topological polar surface area (TPSA) is 60.7 Å². The molecule has 12 heavy (non-hydrogen) atoms. The highest BCUT2D eigenvalue weighted by molar-refractivity contribution is 5.36. The Morgan fingerprint density at radius 2 is 2.00 bits per heavy atom. The van der Waals surface area contributed by atoms with Crippen LogP contribution < -0.4 is 0 Å². The van der Waals surface area contributed by atoms with Crippen molar-refractivity contribution in [3.63, 3.8) is 0 Å². The summed E-state index contributed by atoms with van der Waals surface area (Å²) in [6.45, 7) is 1.96. The van der Waals surface area contributed by atoms with E-state index in [9.17, 15) is 5.11 Å². The molecule has 0 heterocycles. The third kappa shape index (κ3) is 1.75. The molecule has 3 nitrogen and oxygen atoms in total. The summed E-state index contributed by atoms with van der Waals surface area (Å²) in [6.07, 6.45) is -0.795. The predicted molar refractivity (Wildman–Crippen MR) is 44.7 cm³/mol. The van der Waals surface area contributed by atoms with Gasteiger partial charge in [-0.25, -0.2) is 0 Å². The van der Waals surface area contributed by atoms with E-state index in [0.29, 0.717) is 0 Å². The largest absolute Gasteiger partial charge is 0.507 e. The molecule has 0 aromatic heterocycles. The van der Waals surface area contributed by atoms with Gasteiger partial charge in [0.05, 0.1) is 0 Å². The standard InChI is InChI=1S/C9H12O3/c1-2-6-3-4-8(10)7(5-6)9(11)12/h3-5,9-12H,2H2,1H3.